The molecule has 6 heteroatoms. The molecule has 1 unspecified atom stereocenters. The van der Waals surface area contributed by atoms with Crippen molar-refractivity contribution in [2.45, 2.75) is 43.6 Å². The Morgan fingerprint density at radius 3 is 2.79 bits per heavy atom. The SMILES string of the molecule is Cc1cccc(OCC(O)CN2C[C@@H](O)[C@@H](O)C23CCOCC3)c1. The van der Waals surface area contributed by atoms with Gasteiger partial charge in [-0.15, -0.1) is 0 Å². The molecule has 0 aromatic heterocycles. The number of aryl methyl sites for hydroxylation is 1. The van der Waals surface area contributed by atoms with Gasteiger partial charge in [-0.2, -0.15) is 0 Å². The summed E-state index contributed by atoms with van der Waals surface area (Å²) in [5.41, 5.74) is 0.607. The zero-order chi connectivity index (χ0) is 17.2. The van der Waals surface area contributed by atoms with E-state index < -0.39 is 23.9 Å². The molecule has 3 rings (SSSR count). The first kappa shape index (κ1) is 17.6. The Morgan fingerprint density at radius 1 is 1.33 bits per heavy atom. The van der Waals surface area contributed by atoms with Crippen molar-refractivity contribution in [1.82, 2.24) is 4.90 Å². The Bertz CT molecular complexity index is 546. The molecule has 0 saturated carbocycles. The topological polar surface area (TPSA) is 82.4 Å². The Morgan fingerprint density at radius 2 is 2.08 bits per heavy atom. The second-order valence-corrected chi connectivity index (χ2v) is 6.91. The fourth-order valence-corrected chi connectivity index (χ4v) is 3.85. The molecule has 1 spiro atoms. The highest BCUT2D eigenvalue weighted by molar-refractivity contribution is 5.27. The highest BCUT2D eigenvalue weighted by Crippen LogP contribution is 2.38. The van der Waals surface area contributed by atoms with E-state index in [9.17, 15) is 15.3 Å². The number of likely N-dealkylation sites (tertiary alicyclic amines) is 1. The number of aliphatic hydroxyl groups is 3. The second-order valence-electron chi connectivity index (χ2n) is 6.91. The quantitative estimate of drug-likeness (QED) is 0.718. The maximum Gasteiger partial charge on any atom is 0.119 e. The van der Waals surface area contributed by atoms with Gasteiger partial charge in [-0.25, -0.2) is 0 Å². The second kappa shape index (κ2) is 7.37. The first-order valence-electron chi connectivity index (χ1n) is 8.58. The van der Waals surface area contributed by atoms with Crippen LogP contribution in [0.3, 0.4) is 0 Å². The first-order chi connectivity index (χ1) is 11.5. The van der Waals surface area contributed by atoms with Gasteiger partial charge >= 0.3 is 0 Å². The molecule has 134 valence electrons. The minimum atomic E-state index is -0.800. The minimum absolute atomic E-state index is 0.179. The lowest BCUT2D eigenvalue weighted by Gasteiger charge is -2.43. The van der Waals surface area contributed by atoms with Crippen LogP contribution >= 0.6 is 0 Å². The van der Waals surface area contributed by atoms with Gasteiger partial charge in [-0.05, 0) is 37.5 Å². The van der Waals surface area contributed by atoms with E-state index in [1.807, 2.05) is 36.1 Å². The van der Waals surface area contributed by atoms with E-state index in [1.54, 1.807) is 0 Å². The lowest BCUT2D eigenvalue weighted by molar-refractivity contribution is -0.0798. The fourth-order valence-electron chi connectivity index (χ4n) is 3.85. The summed E-state index contributed by atoms with van der Waals surface area (Å²) >= 11 is 0. The van der Waals surface area contributed by atoms with E-state index in [2.05, 4.69) is 0 Å². The fraction of sp³-hybridized carbons (Fsp3) is 0.667. The summed E-state index contributed by atoms with van der Waals surface area (Å²) in [5.74, 6) is 0.733. The van der Waals surface area contributed by atoms with Gasteiger partial charge in [-0.3, -0.25) is 4.90 Å². The normalized spacial score (nSPS) is 28.2. The van der Waals surface area contributed by atoms with Crippen LogP contribution in [0, 0.1) is 6.92 Å². The van der Waals surface area contributed by atoms with Crippen molar-refractivity contribution in [2.24, 2.45) is 0 Å². The molecule has 6 nitrogen and oxygen atoms in total. The summed E-state index contributed by atoms with van der Waals surface area (Å²) in [4.78, 5) is 2.01. The lowest BCUT2D eigenvalue weighted by atomic mass is 9.84. The van der Waals surface area contributed by atoms with Crippen molar-refractivity contribution in [3.8, 4) is 5.75 Å². The molecular weight excluding hydrogens is 310 g/mol. The van der Waals surface area contributed by atoms with Gasteiger partial charge in [0.1, 0.15) is 18.5 Å². The Hall–Kier alpha value is -1.18. The molecule has 0 radical (unpaired) electrons. The predicted octanol–water partition coefficient (Wildman–Crippen LogP) is 0.321. The van der Waals surface area contributed by atoms with Crippen molar-refractivity contribution < 1.29 is 24.8 Å². The molecule has 3 N–H and O–H groups in total. The first-order valence-corrected chi connectivity index (χ1v) is 8.58. The van der Waals surface area contributed by atoms with Crippen LogP contribution in [-0.2, 0) is 4.74 Å². The van der Waals surface area contributed by atoms with Crippen LogP contribution in [0.5, 0.6) is 5.75 Å². The minimum Gasteiger partial charge on any atom is -0.491 e. The van der Waals surface area contributed by atoms with Crippen molar-refractivity contribution in [3.63, 3.8) is 0 Å². The Labute approximate surface area is 142 Å². The summed E-state index contributed by atoms with van der Waals surface area (Å²) in [6.07, 6.45) is -0.949. The molecule has 2 aliphatic heterocycles. The molecular formula is C18H27NO5. The summed E-state index contributed by atoms with van der Waals surface area (Å²) < 4.78 is 11.1. The van der Waals surface area contributed by atoms with Gasteiger partial charge < -0.3 is 24.8 Å². The predicted molar refractivity (Wildman–Crippen MR) is 89.1 cm³/mol. The third kappa shape index (κ3) is 3.58. The molecule has 2 aliphatic rings. The van der Waals surface area contributed by atoms with Crippen LogP contribution < -0.4 is 4.74 Å². The highest BCUT2D eigenvalue weighted by Gasteiger charge is 2.53. The molecule has 3 atom stereocenters. The average molecular weight is 337 g/mol. The van der Waals surface area contributed by atoms with E-state index in [0.717, 1.165) is 11.3 Å². The standard InChI is InChI=1S/C18H27NO5/c1-13-3-2-4-15(9-13)24-12-14(20)10-19-11-16(21)17(22)18(19)5-7-23-8-6-18/h2-4,9,14,16-17,20-22H,5-8,10-12H2,1H3/t14?,16-,17-/m1/s1. The number of hydrogen-bond donors (Lipinski definition) is 3. The molecule has 0 bridgehead atoms. The zero-order valence-corrected chi connectivity index (χ0v) is 14.1. The molecule has 1 aromatic rings. The van der Waals surface area contributed by atoms with Crippen LogP contribution in [0.25, 0.3) is 0 Å². The van der Waals surface area contributed by atoms with Crippen LogP contribution in [-0.4, -0.2) is 77.0 Å². The van der Waals surface area contributed by atoms with Gasteiger partial charge in [0.2, 0.25) is 0 Å². The van der Waals surface area contributed by atoms with Gasteiger partial charge in [0.15, 0.2) is 0 Å². The third-order valence-corrected chi connectivity index (χ3v) is 5.17. The number of β-amino-alcohol motifs (C(OH)–C–C–N with tert-alkyl or cyclic N) is 2. The summed E-state index contributed by atoms with van der Waals surface area (Å²) in [5, 5.41) is 30.9. The number of nitrogens with zero attached hydrogens (tertiary/aromatic N) is 1. The molecule has 2 heterocycles. The zero-order valence-electron chi connectivity index (χ0n) is 14.1. The molecule has 2 saturated heterocycles. The van der Waals surface area contributed by atoms with Crippen LogP contribution in [0.15, 0.2) is 24.3 Å². The molecule has 1 aromatic carbocycles. The number of aliphatic hydroxyl groups excluding tert-OH is 3. The smallest absolute Gasteiger partial charge is 0.119 e. The summed E-state index contributed by atoms with van der Waals surface area (Å²) in [7, 11) is 0. The van der Waals surface area contributed by atoms with E-state index in [1.165, 1.54) is 0 Å². The van der Waals surface area contributed by atoms with Gasteiger partial charge in [0.25, 0.3) is 0 Å². The van der Waals surface area contributed by atoms with E-state index in [4.69, 9.17) is 9.47 Å². The molecule has 24 heavy (non-hydrogen) atoms. The molecule has 0 aliphatic carbocycles. The third-order valence-electron chi connectivity index (χ3n) is 5.17. The van der Waals surface area contributed by atoms with E-state index >= 15 is 0 Å². The van der Waals surface area contributed by atoms with Crippen molar-refractivity contribution in [3.05, 3.63) is 29.8 Å². The lowest BCUT2D eigenvalue weighted by Crippen LogP contribution is -2.56. The Kier molecular flexibility index (Phi) is 5.42. The van der Waals surface area contributed by atoms with Gasteiger partial charge in [-0.1, -0.05) is 12.1 Å². The number of ether oxygens (including phenoxy) is 2. The number of benzene rings is 1. The monoisotopic (exact) mass is 337 g/mol. The average Bonchev–Trinajstić information content (AvgIpc) is 2.79. The number of rotatable bonds is 5. The van der Waals surface area contributed by atoms with E-state index in [0.29, 0.717) is 39.1 Å². The number of hydrogen-bond acceptors (Lipinski definition) is 6. The van der Waals surface area contributed by atoms with Crippen LogP contribution in [0.4, 0.5) is 0 Å². The van der Waals surface area contributed by atoms with Crippen molar-refractivity contribution in [1.29, 1.82) is 0 Å². The van der Waals surface area contributed by atoms with Crippen LogP contribution in [0.1, 0.15) is 18.4 Å². The van der Waals surface area contributed by atoms with Crippen molar-refractivity contribution >= 4 is 0 Å². The largest absolute Gasteiger partial charge is 0.491 e. The summed E-state index contributed by atoms with van der Waals surface area (Å²) in [6, 6.07) is 7.70. The Balaban J connectivity index is 1.59. The van der Waals surface area contributed by atoms with Gasteiger partial charge in [0.05, 0.1) is 17.7 Å². The van der Waals surface area contributed by atoms with Crippen LogP contribution in [0.2, 0.25) is 0 Å². The van der Waals surface area contributed by atoms with E-state index in [-0.39, 0.29) is 6.61 Å². The maximum atomic E-state index is 10.4. The highest BCUT2D eigenvalue weighted by atomic mass is 16.5. The molecule has 0 amide bonds. The molecule has 2 fully saturated rings. The van der Waals surface area contributed by atoms with Crippen molar-refractivity contribution in [2.75, 3.05) is 32.9 Å². The summed E-state index contributed by atoms with van der Waals surface area (Å²) in [6.45, 7) is 4.03. The maximum absolute atomic E-state index is 10.4. The van der Waals surface area contributed by atoms with Gasteiger partial charge in [0, 0.05) is 26.3 Å².